The Morgan fingerprint density at radius 2 is 1.90 bits per heavy atom. The Kier molecular flexibility index (Phi) is 4.58. The first kappa shape index (κ1) is 15.8. The summed E-state index contributed by atoms with van der Waals surface area (Å²) in [7, 11) is 1.50. The fraction of sp³-hybridized carbons (Fsp3) is 0.615. The van der Waals surface area contributed by atoms with E-state index in [1.807, 2.05) is 0 Å². The highest BCUT2D eigenvalue weighted by Gasteiger charge is 2.33. The van der Waals surface area contributed by atoms with Gasteiger partial charge in [-0.15, -0.1) is 0 Å². The van der Waals surface area contributed by atoms with Crippen LogP contribution < -0.4 is 10.6 Å². The molecule has 1 aromatic heterocycles. The molecule has 0 atom stereocenters. The summed E-state index contributed by atoms with van der Waals surface area (Å²) in [6.07, 6.45) is -3.56. The lowest BCUT2D eigenvalue weighted by Crippen LogP contribution is -2.42. The molecule has 0 aromatic carbocycles. The molecule has 0 unspecified atom stereocenters. The summed E-state index contributed by atoms with van der Waals surface area (Å²) in [6.45, 7) is 1.01. The molecule has 1 aliphatic heterocycles. The molecular formula is C13H18F3N3O2. The van der Waals surface area contributed by atoms with Gasteiger partial charge in [-0.25, -0.2) is 4.98 Å². The first-order valence-electron chi connectivity index (χ1n) is 6.63. The van der Waals surface area contributed by atoms with Crippen molar-refractivity contribution < 1.29 is 23.0 Å². The van der Waals surface area contributed by atoms with Gasteiger partial charge < -0.3 is 20.5 Å². The minimum absolute atomic E-state index is 0.0779. The number of nitrogens with zero attached hydrogens (tertiary/aromatic N) is 1. The monoisotopic (exact) mass is 305 g/mol. The van der Waals surface area contributed by atoms with E-state index in [-0.39, 0.29) is 18.2 Å². The van der Waals surface area contributed by atoms with Crippen LogP contribution in [0.1, 0.15) is 18.4 Å². The molecule has 21 heavy (non-hydrogen) atoms. The van der Waals surface area contributed by atoms with Crippen molar-refractivity contribution in [1.82, 2.24) is 4.98 Å². The maximum atomic E-state index is 12.8. The number of aliphatic hydroxyl groups is 1. The van der Waals surface area contributed by atoms with Crippen LogP contribution in [-0.4, -0.2) is 42.5 Å². The van der Waals surface area contributed by atoms with Gasteiger partial charge in [0.1, 0.15) is 11.6 Å². The van der Waals surface area contributed by atoms with Crippen LogP contribution in [0.15, 0.2) is 12.1 Å². The second-order valence-corrected chi connectivity index (χ2v) is 5.06. The predicted octanol–water partition coefficient (Wildman–Crippen LogP) is 2.10. The van der Waals surface area contributed by atoms with Gasteiger partial charge in [-0.2, -0.15) is 13.2 Å². The number of nitrogens with one attached hydrogen (secondary N) is 2. The van der Waals surface area contributed by atoms with E-state index in [9.17, 15) is 18.3 Å². The lowest BCUT2D eigenvalue weighted by atomic mass is 9.94. The number of ether oxygens (including phenoxy) is 1. The molecule has 118 valence electrons. The summed E-state index contributed by atoms with van der Waals surface area (Å²) in [5.74, 6) is 0.195. The van der Waals surface area contributed by atoms with Crippen molar-refractivity contribution in [2.24, 2.45) is 0 Å². The van der Waals surface area contributed by atoms with Crippen molar-refractivity contribution in [1.29, 1.82) is 0 Å². The zero-order valence-electron chi connectivity index (χ0n) is 11.6. The third-order valence-corrected chi connectivity index (χ3v) is 3.43. The number of halogens is 3. The molecule has 0 bridgehead atoms. The fourth-order valence-corrected chi connectivity index (χ4v) is 2.10. The molecule has 1 saturated heterocycles. The van der Waals surface area contributed by atoms with E-state index in [4.69, 9.17) is 4.74 Å². The molecule has 0 spiro atoms. The fourth-order valence-electron chi connectivity index (χ4n) is 2.10. The quantitative estimate of drug-likeness (QED) is 0.795. The third kappa shape index (κ3) is 4.21. The summed E-state index contributed by atoms with van der Waals surface area (Å²) >= 11 is 0. The number of aromatic nitrogens is 1. The van der Waals surface area contributed by atoms with Crippen LogP contribution >= 0.6 is 0 Å². The van der Waals surface area contributed by atoms with Gasteiger partial charge in [0.2, 0.25) is 0 Å². The van der Waals surface area contributed by atoms with Crippen molar-refractivity contribution >= 4 is 11.6 Å². The highest BCUT2D eigenvalue weighted by molar-refractivity contribution is 5.49. The molecule has 2 heterocycles. The third-order valence-electron chi connectivity index (χ3n) is 3.43. The lowest BCUT2D eigenvalue weighted by Gasteiger charge is -2.32. The van der Waals surface area contributed by atoms with Gasteiger partial charge in [0.25, 0.3) is 0 Å². The molecule has 3 N–H and O–H groups in total. The number of pyridine rings is 1. The number of hydrogen-bond donors (Lipinski definition) is 3. The van der Waals surface area contributed by atoms with Crippen LogP contribution in [0.2, 0.25) is 0 Å². The van der Waals surface area contributed by atoms with Crippen LogP contribution in [0.3, 0.4) is 0 Å². The van der Waals surface area contributed by atoms with E-state index in [0.717, 1.165) is 12.1 Å². The highest BCUT2D eigenvalue weighted by atomic mass is 19.4. The zero-order valence-corrected chi connectivity index (χ0v) is 11.6. The van der Waals surface area contributed by atoms with Crippen molar-refractivity contribution in [3.8, 4) is 0 Å². The van der Waals surface area contributed by atoms with E-state index in [2.05, 4.69) is 15.6 Å². The topological polar surface area (TPSA) is 66.4 Å². The minimum Gasteiger partial charge on any atom is -0.388 e. The van der Waals surface area contributed by atoms with Crippen LogP contribution in [0, 0.1) is 0 Å². The smallest absolute Gasteiger partial charge is 0.388 e. The van der Waals surface area contributed by atoms with E-state index in [1.54, 1.807) is 0 Å². The van der Waals surface area contributed by atoms with Crippen LogP contribution in [0.4, 0.5) is 24.8 Å². The second kappa shape index (κ2) is 6.07. The lowest BCUT2D eigenvalue weighted by molar-refractivity contribution is -0.137. The predicted molar refractivity (Wildman–Crippen MR) is 72.3 cm³/mol. The SMILES string of the molecule is CNc1cc(C(F)(F)F)cc(NCC2(O)CCOCC2)n1. The zero-order chi connectivity index (χ0) is 15.5. The van der Waals surface area contributed by atoms with Crippen molar-refractivity contribution in [3.63, 3.8) is 0 Å². The second-order valence-electron chi connectivity index (χ2n) is 5.06. The average molecular weight is 305 g/mol. The Morgan fingerprint density at radius 1 is 1.29 bits per heavy atom. The summed E-state index contributed by atoms with van der Waals surface area (Å²) in [5.41, 5.74) is -1.77. The Labute approximate surface area is 120 Å². The normalized spacial score (nSPS) is 18.3. The van der Waals surface area contributed by atoms with Gasteiger partial charge in [0, 0.05) is 39.6 Å². The maximum absolute atomic E-state index is 12.8. The Morgan fingerprint density at radius 3 is 2.48 bits per heavy atom. The standard InChI is InChI=1S/C13H18F3N3O2/c1-17-10-6-9(13(14,15)16)7-11(19-10)18-8-12(20)2-4-21-5-3-12/h6-7,20H,2-5,8H2,1H3,(H2,17,18,19). The van der Waals surface area contributed by atoms with E-state index in [1.165, 1.54) is 7.05 Å². The molecule has 1 fully saturated rings. The largest absolute Gasteiger partial charge is 0.416 e. The Balaban J connectivity index is 2.12. The summed E-state index contributed by atoms with van der Waals surface area (Å²) in [5, 5.41) is 15.7. The Hall–Kier alpha value is -1.54. The average Bonchev–Trinajstić information content (AvgIpc) is 2.45. The molecule has 0 aliphatic carbocycles. The molecule has 0 amide bonds. The number of hydrogen-bond acceptors (Lipinski definition) is 5. The Bertz CT molecular complexity index is 488. The van der Waals surface area contributed by atoms with E-state index in [0.29, 0.717) is 26.1 Å². The summed E-state index contributed by atoms with van der Waals surface area (Å²) in [6, 6.07) is 1.87. The van der Waals surface area contributed by atoms with Crippen molar-refractivity contribution in [3.05, 3.63) is 17.7 Å². The molecule has 0 radical (unpaired) electrons. The van der Waals surface area contributed by atoms with Gasteiger partial charge in [-0.3, -0.25) is 0 Å². The summed E-state index contributed by atoms with van der Waals surface area (Å²) in [4.78, 5) is 4.02. The van der Waals surface area contributed by atoms with Gasteiger partial charge in [0.05, 0.1) is 11.2 Å². The molecule has 2 rings (SSSR count). The van der Waals surface area contributed by atoms with Crippen molar-refractivity contribution in [2.75, 3.05) is 37.4 Å². The van der Waals surface area contributed by atoms with E-state index < -0.39 is 17.3 Å². The molecule has 8 heteroatoms. The van der Waals surface area contributed by atoms with Gasteiger partial charge in [-0.05, 0) is 12.1 Å². The highest BCUT2D eigenvalue weighted by Crippen LogP contribution is 2.32. The van der Waals surface area contributed by atoms with Crippen LogP contribution in [0.25, 0.3) is 0 Å². The molecular weight excluding hydrogens is 287 g/mol. The minimum atomic E-state index is -4.44. The van der Waals surface area contributed by atoms with E-state index >= 15 is 0 Å². The molecule has 1 aliphatic rings. The van der Waals surface area contributed by atoms with Crippen LogP contribution in [0.5, 0.6) is 0 Å². The molecule has 1 aromatic rings. The molecule has 0 saturated carbocycles. The van der Waals surface area contributed by atoms with Gasteiger partial charge >= 0.3 is 6.18 Å². The number of rotatable bonds is 4. The number of anilines is 2. The molecule has 5 nitrogen and oxygen atoms in total. The first-order chi connectivity index (χ1) is 9.82. The summed E-state index contributed by atoms with van der Waals surface area (Å²) < 4.78 is 43.6. The van der Waals surface area contributed by atoms with Gasteiger partial charge in [0.15, 0.2) is 0 Å². The maximum Gasteiger partial charge on any atom is 0.416 e. The van der Waals surface area contributed by atoms with Crippen LogP contribution in [-0.2, 0) is 10.9 Å². The first-order valence-corrected chi connectivity index (χ1v) is 6.63. The number of alkyl halides is 3. The van der Waals surface area contributed by atoms with Gasteiger partial charge in [-0.1, -0.05) is 0 Å². The van der Waals surface area contributed by atoms with Crippen molar-refractivity contribution in [2.45, 2.75) is 24.6 Å².